The zero-order chi connectivity index (χ0) is 16.6. The number of thioether (sulfide) groups is 1. The van der Waals surface area contributed by atoms with E-state index in [4.69, 9.17) is 5.11 Å². The molecule has 126 valence electrons. The van der Waals surface area contributed by atoms with E-state index in [1.54, 1.807) is 0 Å². The molecule has 4 rings (SSSR count). The molecule has 0 aliphatic heterocycles. The SMILES string of the molecule is O=C(Nc1nc(SCCO)n[nH]1)[C@H]1C[C@@]12CCCc1ccccc12. The normalized spacial score (nSPS) is 24.6. The standard InChI is InChI=1S/C17H20N4O2S/c22-8-9-24-16-19-15(20-21-16)18-14(23)13-10-17(13)7-3-5-11-4-1-2-6-12(11)17/h1-2,4,6,13,22H,3,5,7-10H2,(H2,18,19,20,21,23)/t13-,17-/m1/s1. The number of aromatic amines is 1. The Balaban J connectivity index is 1.45. The Hall–Kier alpha value is -1.86. The van der Waals surface area contributed by atoms with Gasteiger partial charge in [-0.15, -0.1) is 5.10 Å². The first-order chi connectivity index (χ1) is 11.7. The van der Waals surface area contributed by atoms with E-state index in [-0.39, 0.29) is 23.8 Å². The Kier molecular flexibility index (Phi) is 4.05. The third-order valence-corrected chi connectivity index (χ3v) is 5.87. The molecule has 1 aromatic carbocycles. The van der Waals surface area contributed by atoms with E-state index in [0.29, 0.717) is 16.9 Å². The van der Waals surface area contributed by atoms with Crippen LogP contribution in [0.3, 0.4) is 0 Å². The monoisotopic (exact) mass is 344 g/mol. The van der Waals surface area contributed by atoms with Gasteiger partial charge in [-0.3, -0.25) is 10.1 Å². The summed E-state index contributed by atoms with van der Waals surface area (Å²) in [5, 5.41) is 19.0. The summed E-state index contributed by atoms with van der Waals surface area (Å²) < 4.78 is 0. The van der Waals surface area contributed by atoms with Crippen LogP contribution in [0.2, 0.25) is 0 Å². The minimum atomic E-state index is 0.0117. The number of rotatable bonds is 5. The number of H-pyrrole nitrogens is 1. The predicted molar refractivity (Wildman–Crippen MR) is 92.0 cm³/mol. The number of carbonyl (C=O) groups is 1. The minimum Gasteiger partial charge on any atom is -0.396 e. The van der Waals surface area contributed by atoms with Gasteiger partial charge < -0.3 is 5.11 Å². The van der Waals surface area contributed by atoms with Crippen molar-refractivity contribution < 1.29 is 9.90 Å². The lowest BCUT2D eigenvalue weighted by molar-refractivity contribution is -0.117. The topological polar surface area (TPSA) is 90.9 Å². The van der Waals surface area contributed by atoms with Crippen molar-refractivity contribution in [2.75, 3.05) is 17.7 Å². The summed E-state index contributed by atoms with van der Waals surface area (Å²) in [5.41, 5.74) is 2.77. The Morgan fingerprint density at radius 2 is 2.33 bits per heavy atom. The first-order valence-corrected chi connectivity index (χ1v) is 9.27. The van der Waals surface area contributed by atoms with Crippen molar-refractivity contribution in [3.63, 3.8) is 0 Å². The van der Waals surface area contributed by atoms with Gasteiger partial charge in [-0.05, 0) is 36.8 Å². The summed E-state index contributed by atoms with van der Waals surface area (Å²) in [4.78, 5) is 16.9. The van der Waals surface area contributed by atoms with E-state index in [9.17, 15) is 4.79 Å². The largest absolute Gasteiger partial charge is 0.396 e. The molecule has 3 N–H and O–H groups in total. The Morgan fingerprint density at radius 1 is 1.46 bits per heavy atom. The molecule has 0 saturated heterocycles. The van der Waals surface area contributed by atoms with Crippen LogP contribution in [0.4, 0.5) is 5.95 Å². The summed E-state index contributed by atoms with van der Waals surface area (Å²) in [6.07, 6.45) is 4.25. The second-order valence-electron chi connectivity index (χ2n) is 6.45. The fourth-order valence-electron chi connectivity index (χ4n) is 3.88. The van der Waals surface area contributed by atoms with E-state index in [0.717, 1.165) is 25.7 Å². The maximum atomic E-state index is 12.6. The second-order valence-corrected chi connectivity index (χ2v) is 7.51. The number of anilines is 1. The van der Waals surface area contributed by atoms with Gasteiger partial charge in [-0.1, -0.05) is 36.0 Å². The Bertz CT molecular complexity index is 763. The van der Waals surface area contributed by atoms with Gasteiger partial charge in [0.05, 0.1) is 6.61 Å². The van der Waals surface area contributed by atoms with Crippen molar-refractivity contribution in [2.45, 2.75) is 36.3 Å². The molecule has 7 heteroatoms. The highest BCUT2D eigenvalue weighted by Crippen LogP contribution is 2.60. The molecule has 2 aliphatic rings. The van der Waals surface area contributed by atoms with Gasteiger partial charge in [0.1, 0.15) is 0 Å². The number of aliphatic hydroxyl groups excluding tert-OH is 1. The van der Waals surface area contributed by atoms with E-state index in [1.165, 1.54) is 22.9 Å². The molecule has 0 radical (unpaired) electrons. The molecule has 1 aromatic heterocycles. The van der Waals surface area contributed by atoms with E-state index in [2.05, 4.69) is 44.8 Å². The van der Waals surface area contributed by atoms with Crippen LogP contribution in [0.25, 0.3) is 0 Å². The third kappa shape index (κ3) is 2.71. The van der Waals surface area contributed by atoms with Gasteiger partial charge in [0, 0.05) is 17.1 Å². The molecule has 1 saturated carbocycles. The number of amides is 1. The van der Waals surface area contributed by atoms with Crippen LogP contribution in [0.5, 0.6) is 0 Å². The zero-order valence-corrected chi connectivity index (χ0v) is 14.1. The third-order valence-electron chi connectivity index (χ3n) is 5.04. The molecule has 1 spiro atoms. The van der Waals surface area contributed by atoms with Crippen LogP contribution >= 0.6 is 11.8 Å². The lowest BCUT2D eigenvalue weighted by Gasteiger charge is -2.26. The van der Waals surface area contributed by atoms with Gasteiger partial charge in [0.2, 0.25) is 17.0 Å². The number of fused-ring (bicyclic) bond motifs is 2. The molecule has 1 amide bonds. The first kappa shape index (κ1) is 15.7. The van der Waals surface area contributed by atoms with Crippen molar-refractivity contribution in [3.05, 3.63) is 35.4 Å². The molecule has 0 unspecified atom stereocenters. The van der Waals surface area contributed by atoms with Crippen molar-refractivity contribution in [2.24, 2.45) is 5.92 Å². The number of aromatic nitrogens is 3. The maximum Gasteiger partial charge on any atom is 0.230 e. The average Bonchev–Trinajstić information content (AvgIpc) is 3.14. The highest BCUT2D eigenvalue weighted by Gasteiger charge is 2.60. The zero-order valence-electron chi connectivity index (χ0n) is 13.3. The summed E-state index contributed by atoms with van der Waals surface area (Å²) in [7, 11) is 0. The van der Waals surface area contributed by atoms with Crippen molar-refractivity contribution in [3.8, 4) is 0 Å². The number of aryl methyl sites for hydroxylation is 1. The van der Waals surface area contributed by atoms with E-state index >= 15 is 0 Å². The lowest BCUT2D eigenvalue weighted by atomic mass is 9.78. The Labute approximate surface area is 144 Å². The molecule has 6 nitrogen and oxygen atoms in total. The van der Waals surface area contributed by atoms with Crippen molar-refractivity contribution in [1.82, 2.24) is 15.2 Å². The number of hydrogen-bond donors (Lipinski definition) is 3. The smallest absolute Gasteiger partial charge is 0.230 e. The molecule has 2 aromatic rings. The number of aliphatic hydroxyl groups is 1. The highest BCUT2D eigenvalue weighted by atomic mass is 32.2. The second kappa shape index (κ2) is 6.22. The first-order valence-electron chi connectivity index (χ1n) is 8.28. The molecule has 1 heterocycles. The number of nitrogens with one attached hydrogen (secondary N) is 2. The van der Waals surface area contributed by atoms with Gasteiger partial charge >= 0.3 is 0 Å². The molecule has 2 aliphatic carbocycles. The molecule has 1 fully saturated rings. The molecule has 2 atom stereocenters. The van der Waals surface area contributed by atoms with Crippen LogP contribution in [0.15, 0.2) is 29.4 Å². The highest BCUT2D eigenvalue weighted by molar-refractivity contribution is 7.99. The van der Waals surface area contributed by atoms with Crippen molar-refractivity contribution >= 4 is 23.6 Å². The summed E-state index contributed by atoms with van der Waals surface area (Å²) in [6.45, 7) is 0.0743. The maximum absolute atomic E-state index is 12.6. The lowest BCUT2D eigenvalue weighted by Crippen LogP contribution is -2.25. The molecular formula is C17H20N4O2S. The Morgan fingerprint density at radius 3 is 3.21 bits per heavy atom. The fraction of sp³-hybridized carbons (Fsp3) is 0.471. The van der Waals surface area contributed by atoms with Gasteiger partial charge in [0.25, 0.3) is 0 Å². The van der Waals surface area contributed by atoms with Crippen LogP contribution in [0, 0.1) is 5.92 Å². The van der Waals surface area contributed by atoms with Crippen LogP contribution in [0.1, 0.15) is 30.4 Å². The van der Waals surface area contributed by atoms with Gasteiger partial charge in [0.15, 0.2) is 0 Å². The van der Waals surface area contributed by atoms with Crippen LogP contribution < -0.4 is 5.32 Å². The average molecular weight is 344 g/mol. The molecule has 24 heavy (non-hydrogen) atoms. The van der Waals surface area contributed by atoms with Crippen LogP contribution in [-0.2, 0) is 16.6 Å². The number of hydrogen-bond acceptors (Lipinski definition) is 5. The molecular weight excluding hydrogens is 324 g/mol. The quantitative estimate of drug-likeness (QED) is 0.723. The molecule has 0 bridgehead atoms. The minimum absolute atomic E-state index is 0.0117. The van der Waals surface area contributed by atoms with Crippen LogP contribution in [-0.4, -0.2) is 38.6 Å². The van der Waals surface area contributed by atoms with Crippen molar-refractivity contribution in [1.29, 1.82) is 0 Å². The summed E-state index contributed by atoms with van der Waals surface area (Å²) in [6, 6.07) is 8.51. The van der Waals surface area contributed by atoms with Gasteiger partial charge in [-0.2, -0.15) is 4.98 Å². The summed E-state index contributed by atoms with van der Waals surface area (Å²) in [5.74, 6) is 0.944. The van der Waals surface area contributed by atoms with Gasteiger partial charge in [-0.25, -0.2) is 5.10 Å². The number of carbonyl (C=O) groups excluding carboxylic acids is 1. The van der Waals surface area contributed by atoms with E-state index < -0.39 is 0 Å². The number of nitrogens with zero attached hydrogens (tertiary/aromatic N) is 2. The fourth-order valence-corrected chi connectivity index (χ4v) is 4.42. The van der Waals surface area contributed by atoms with E-state index in [1.807, 2.05) is 0 Å². The predicted octanol–water partition coefficient (Wildman–Crippen LogP) is 2.12. The summed E-state index contributed by atoms with van der Waals surface area (Å²) >= 11 is 1.35. The number of benzene rings is 1.